The van der Waals surface area contributed by atoms with E-state index in [2.05, 4.69) is 4.99 Å². The van der Waals surface area contributed by atoms with Crippen molar-refractivity contribution in [2.45, 2.75) is 45.8 Å². The minimum Gasteiger partial charge on any atom is -0.595 e. The second-order valence-electron chi connectivity index (χ2n) is 6.22. The van der Waals surface area contributed by atoms with Gasteiger partial charge >= 0.3 is 0 Å². The smallest absolute Gasteiger partial charge is 0.248 e. The average Bonchev–Trinajstić information content (AvgIpc) is 2.29. The lowest BCUT2D eigenvalue weighted by atomic mass is 9.94. The molecule has 0 bridgehead atoms. The Hall–Kier alpha value is -1.30. The van der Waals surface area contributed by atoms with Gasteiger partial charge < -0.3 is 19.5 Å². The lowest BCUT2D eigenvalue weighted by molar-refractivity contribution is -0.261. The molecule has 0 N–H and O–H groups in total. The third-order valence-corrected chi connectivity index (χ3v) is 3.20. The Balaban J connectivity index is 2.67. The van der Waals surface area contributed by atoms with Crippen LogP contribution in [-0.2, 0) is 14.3 Å². The van der Waals surface area contributed by atoms with Crippen molar-refractivity contribution in [1.29, 1.82) is 0 Å². The van der Waals surface area contributed by atoms with Crippen molar-refractivity contribution in [2.24, 2.45) is 10.9 Å². The number of methoxy groups -OCH3 is 1. The van der Waals surface area contributed by atoms with E-state index in [0.29, 0.717) is 13.1 Å². The Bertz CT molecular complexity index is 363. The van der Waals surface area contributed by atoms with Gasteiger partial charge in [0, 0.05) is 25.8 Å². The first kappa shape index (κ1) is 16.8. The molecule has 0 aromatic heterocycles. The number of piperidine rings is 1. The topological polar surface area (TPSA) is 74.2 Å². The Kier molecular flexibility index (Phi) is 5.80. The Morgan fingerprint density at radius 2 is 2.10 bits per heavy atom. The van der Waals surface area contributed by atoms with E-state index in [1.54, 1.807) is 25.7 Å². The lowest BCUT2D eigenvalue weighted by Gasteiger charge is -2.37. The molecule has 0 spiro atoms. The maximum Gasteiger partial charge on any atom is 0.248 e. The van der Waals surface area contributed by atoms with E-state index in [9.17, 15) is 9.90 Å². The van der Waals surface area contributed by atoms with Crippen LogP contribution >= 0.6 is 0 Å². The van der Waals surface area contributed by atoms with Crippen LogP contribution in [-0.4, -0.2) is 55.3 Å². The molecule has 0 aromatic carbocycles. The summed E-state index contributed by atoms with van der Waals surface area (Å²) >= 11 is 0. The van der Waals surface area contributed by atoms with Crippen LogP contribution in [0.2, 0.25) is 0 Å². The minimum atomic E-state index is -0.560. The summed E-state index contributed by atoms with van der Waals surface area (Å²) in [4.78, 5) is 17.6. The lowest BCUT2D eigenvalue weighted by Crippen LogP contribution is -2.47. The van der Waals surface area contributed by atoms with E-state index in [4.69, 9.17) is 9.47 Å². The van der Waals surface area contributed by atoms with Crippen molar-refractivity contribution < 1.29 is 19.4 Å². The first-order valence-electron chi connectivity index (χ1n) is 6.93. The standard InChI is InChI=1S/C14H26N2O4/c1-10-6-7-16(12(17)9-19-5)8-11(10)15-13(18)20-14(2,3)4/h10-11H,6-9H2,1-5H3,(H,15,18)/p-1/t10-,11+/m0/s1. The Morgan fingerprint density at radius 1 is 1.45 bits per heavy atom. The maximum absolute atomic E-state index is 11.8. The molecule has 1 aliphatic rings. The number of carbonyl (C=O) groups is 1. The molecule has 0 saturated carbocycles. The highest BCUT2D eigenvalue weighted by Crippen LogP contribution is 2.20. The normalized spacial score (nSPS) is 24.6. The van der Waals surface area contributed by atoms with Gasteiger partial charge in [0.15, 0.2) is 0 Å². The predicted molar refractivity (Wildman–Crippen MR) is 74.3 cm³/mol. The summed E-state index contributed by atoms with van der Waals surface area (Å²) in [6.07, 6.45) is 0.266. The zero-order chi connectivity index (χ0) is 15.3. The zero-order valence-electron chi connectivity index (χ0n) is 13.0. The van der Waals surface area contributed by atoms with Gasteiger partial charge in [-0.05, 0) is 12.3 Å². The largest absolute Gasteiger partial charge is 0.595 e. The van der Waals surface area contributed by atoms with Crippen molar-refractivity contribution in [2.75, 3.05) is 26.8 Å². The second-order valence-corrected chi connectivity index (χ2v) is 6.22. The van der Waals surface area contributed by atoms with E-state index in [-0.39, 0.29) is 24.5 Å². The number of hydrogen-bond acceptors (Lipinski definition) is 5. The highest BCUT2D eigenvalue weighted by Gasteiger charge is 2.28. The molecule has 1 heterocycles. The second kappa shape index (κ2) is 6.92. The summed E-state index contributed by atoms with van der Waals surface area (Å²) in [6.45, 7) is 8.65. The average molecular weight is 285 g/mol. The molecule has 0 aromatic rings. The van der Waals surface area contributed by atoms with Gasteiger partial charge in [0.05, 0.1) is 6.04 Å². The summed E-state index contributed by atoms with van der Waals surface area (Å²) in [6, 6.07) is -0.209. The zero-order valence-corrected chi connectivity index (χ0v) is 13.0. The highest BCUT2D eigenvalue weighted by atomic mass is 16.6. The maximum atomic E-state index is 11.8. The van der Waals surface area contributed by atoms with Gasteiger partial charge in [-0.3, -0.25) is 9.79 Å². The molecule has 116 valence electrons. The quantitative estimate of drug-likeness (QED) is 0.556. The molecular formula is C14H25N2O4-. The van der Waals surface area contributed by atoms with E-state index in [1.807, 2.05) is 6.92 Å². The molecule has 0 unspecified atom stereocenters. The molecule has 6 heteroatoms. The fourth-order valence-electron chi connectivity index (χ4n) is 2.08. The van der Waals surface area contributed by atoms with Crippen LogP contribution in [0.1, 0.15) is 34.1 Å². The summed E-state index contributed by atoms with van der Waals surface area (Å²) in [5.41, 5.74) is -0.552. The van der Waals surface area contributed by atoms with Crippen LogP contribution in [0, 0.1) is 5.92 Å². The van der Waals surface area contributed by atoms with E-state index < -0.39 is 11.7 Å². The van der Waals surface area contributed by atoms with Gasteiger partial charge in [0.1, 0.15) is 12.7 Å². The SMILES string of the molecule is COCC(=O)N1CC[C@H](C)[C@H](N=C([O-])OC(C)(C)C)C1. The van der Waals surface area contributed by atoms with Gasteiger partial charge in [-0.1, -0.05) is 27.7 Å². The first-order valence-corrected chi connectivity index (χ1v) is 6.93. The van der Waals surface area contributed by atoms with Crippen LogP contribution in [0.4, 0.5) is 0 Å². The fourth-order valence-corrected chi connectivity index (χ4v) is 2.08. The fraction of sp³-hybridized carbons (Fsp3) is 0.857. The number of amides is 1. The molecule has 1 saturated heterocycles. The van der Waals surface area contributed by atoms with Crippen LogP contribution in [0.3, 0.4) is 0 Å². The molecule has 2 atom stereocenters. The number of hydrogen-bond donors (Lipinski definition) is 0. The summed E-state index contributed by atoms with van der Waals surface area (Å²) in [7, 11) is 1.49. The van der Waals surface area contributed by atoms with Crippen molar-refractivity contribution in [3.8, 4) is 0 Å². The van der Waals surface area contributed by atoms with Gasteiger partial charge in [-0.2, -0.15) is 0 Å². The summed E-state index contributed by atoms with van der Waals surface area (Å²) in [5, 5.41) is 11.8. The van der Waals surface area contributed by atoms with Crippen LogP contribution in [0.5, 0.6) is 0 Å². The van der Waals surface area contributed by atoms with E-state index >= 15 is 0 Å². The van der Waals surface area contributed by atoms with Crippen LogP contribution in [0.15, 0.2) is 4.99 Å². The molecule has 1 rings (SSSR count). The minimum absolute atomic E-state index is 0.0630. The van der Waals surface area contributed by atoms with Crippen LogP contribution in [0.25, 0.3) is 0 Å². The monoisotopic (exact) mass is 285 g/mol. The summed E-state index contributed by atoms with van der Waals surface area (Å²) in [5.74, 6) is 0.193. The highest BCUT2D eigenvalue weighted by molar-refractivity contribution is 5.77. The number of ether oxygens (including phenoxy) is 2. The van der Waals surface area contributed by atoms with E-state index in [0.717, 1.165) is 6.42 Å². The molecule has 1 aliphatic heterocycles. The third-order valence-electron chi connectivity index (χ3n) is 3.20. The van der Waals surface area contributed by atoms with Gasteiger partial charge in [0.2, 0.25) is 5.91 Å². The molecule has 20 heavy (non-hydrogen) atoms. The molecule has 0 radical (unpaired) electrons. The van der Waals surface area contributed by atoms with Crippen molar-refractivity contribution in [3.05, 3.63) is 0 Å². The number of nitrogens with zero attached hydrogens (tertiary/aromatic N) is 2. The summed E-state index contributed by atoms with van der Waals surface area (Å²) < 4.78 is 10.1. The van der Waals surface area contributed by atoms with E-state index in [1.165, 1.54) is 7.11 Å². The molecule has 1 amide bonds. The molecule has 6 nitrogen and oxygen atoms in total. The van der Waals surface area contributed by atoms with Gasteiger partial charge in [-0.15, -0.1) is 0 Å². The Labute approximate surface area is 120 Å². The van der Waals surface area contributed by atoms with Gasteiger partial charge in [0.25, 0.3) is 0 Å². The molecule has 0 aliphatic carbocycles. The Morgan fingerprint density at radius 3 is 2.65 bits per heavy atom. The van der Waals surface area contributed by atoms with Crippen molar-refractivity contribution in [3.63, 3.8) is 0 Å². The number of aliphatic imine (C=N–C) groups is 1. The number of carbonyl (C=O) groups excluding carboxylic acids is 1. The van der Waals surface area contributed by atoms with Crippen molar-refractivity contribution in [1.82, 2.24) is 4.90 Å². The predicted octanol–water partition coefficient (Wildman–Crippen LogP) is 0.401. The van der Waals surface area contributed by atoms with Gasteiger partial charge in [-0.25, -0.2) is 0 Å². The van der Waals surface area contributed by atoms with Crippen molar-refractivity contribution >= 4 is 12.0 Å². The molecule has 1 fully saturated rings. The number of likely N-dealkylation sites (tertiary alicyclic amines) is 1. The molecular weight excluding hydrogens is 260 g/mol. The first-order chi connectivity index (χ1) is 9.23. The number of rotatable bonds is 3. The van der Waals surface area contributed by atoms with Crippen LogP contribution < -0.4 is 5.11 Å². The third kappa shape index (κ3) is 5.36.